The third kappa shape index (κ3) is 12.4. The number of nitrogens with one attached hydrogen (secondary N) is 6. The zero-order chi connectivity index (χ0) is 61.8. The number of fused-ring (bicyclic) bond motifs is 8. The van der Waals surface area contributed by atoms with Crippen LogP contribution in [0.3, 0.4) is 0 Å². The Hall–Kier alpha value is -9.22. The molecule has 10 rings (SSSR count). The molecular formula is C64H71FN10O12. The summed E-state index contributed by atoms with van der Waals surface area (Å²) in [5.41, 5.74) is 17.4. The van der Waals surface area contributed by atoms with E-state index in [1.54, 1.807) is 58.0 Å². The lowest BCUT2D eigenvalue weighted by Gasteiger charge is -2.31. The lowest BCUT2D eigenvalue weighted by molar-refractivity contribution is -0.172. The maximum atomic E-state index is 15.5. The number of cyclic esters (lactones) is 1. The van der Waals surface area contributed by atoms with Gasteiger partial charge in [-0.05, 0) is 133 Å². The number of benzene rings is 4. The molecule has 11 N–H and O–H groups in total. The number of primary amides is 1. The number of aryl methyl sites for hydroxylation is 1. The molecule has 0 unspecified atom stereocenters. The molecule has 0 saturated heterocycles. The smallest absolute Gasteiger partial charge is 0.407 e. The molecule has 6 aromatic rings. The van der Waals surface area contributed by atoms with Gasteiger partial charge in [-0.15, -0.1) is 0 Å². The number of amides is 7. The lowest BCUT2D eigenvalue weighted by Crippen LogP contribution is -2.57. The number of unbranched alkanes of at least 4 members (excludes halogenated alkanes) is 1. The monoisotopic (exact) mass is 1190 g/mol. The number of urea groups is 1. The quantitative estimate of drug-likeness (QED) is 0.0199. The van der Waals surface area contributed by atoms with Crippen LogP contribution in [-0.2, 0) is 65.2 Å². The Labute approximate surface area is 500 Å². The van der Waals surface area contributed by atoms with Crippen LogP contribution in [-0.4, -0.2) is 94.4 Å². The fourth-order valence-electron chi connectivity index (χ4n) is 12.3. The first-order valence-electron chi connectivity index (χ1n) is 29.4. The summed E-state index contributed by atoms with van der Waals surface area (Å²) in [6, 6.07) is 20.3. The molecule has 23 heteroatoms. The molecule has 5 atom stereocenters. The Kier molecular flexibility index (Phi) is 18.0. The van der Waals surface area contributed by atoms with Crippen LogP contribution in [0.1, 0.15) is 128 Å². The van der Waals surface area contributed by atoms with E-state index in [0.717, 1.165) is 27.8 Å². The first-order valence-corrected chi connectivity index (χ1v) is 29.4. The van der Waals surface area contributed by atoms with E-state index in [1.165, 1.54) is 10.6 Å². The van der Waals surface area contributed by atoms with Gasteiger partial charge in [-0.1, -0.05) is 81.4 Å². The highest BCUT2D eigenvalue weighted by atomic mass is 19.1. The van der Waals surface area contributed by atoms with Crippen molar-refractivity contribution >= 4 is 58.5 Å². The Bertz CT molecular complexity index is 3730. The SMILES string of the molecule is CC[C@@]1(O)C(=O)OCc2c1cc1n(c2=O)Cc2c-1nc1cc(F)c(C)c3c1c2[C@@H](NC(=O)OCc1ccc(NC(=O)[C@H](CCCNC(N)=O)NC(=O)[C@@H](NC(=O)[C@H](CCCCN)NC(=O)OCC2c4ccccc4-c4ccccc42)C(C)C)cc1)CC3. The van der Waals surface area contributed by atoms with E-state index in [2.05, 4.69) is 31.9 Å². The minimum atomic E-state index is -2.05. The summed E-state index contributed by atoms with van der Waals surface area (Å²) in [7, 11) is 0. The van der Waals surface area contributed by atoms with Gasteiger partial charge in [0.05, 0.1) is 35.1 Å². The van der Waals surface area contributed by atoms with Crippen molar-refractivity contribution in [1.29, 1.82) is 0 Å². The minimum Gasteiger partial charge on any atom is -0.458 e. The van der Waals surface area contributed by atoms with Crippen molar-refractivity contribution in [3.8, 4) is 22.5 Å². The number of halogens is 1. The van der Waals surface area contributed by atoms with Crippen molar-refractivity contribution < 1.29 is 57.3 Å². The standard InChI is InChI=1S/C64H71FN10O12/c1-5-64(84)45-27-51-55-42(29-75(51)59(79)44(45)32-85-60(64)80)53-47(24-23-37-34(4)46(65)28-50(70-55)52(37)53)72-62(82)86-30-35-19-21-36(22-20-35)69-56(76)48(18-12-26-68-61(67)81)71-58(78)54(33(2)3)74-57(77)49(17-10-11-25-66)73-63(83)87-31-43-40-15-8-6-13-38(40)39-14-7-9-16-41(39)43/h6-9,13-16,19-22,27-28,33,43,47-49,54,84H,5,10-12,17-18,23-26,29-32,66H2,1-4H3,(H,69,76)(H,71,78)(H,72,82)(H,73,83)(H,74,77)(H3,67,68,81)/t47-,48-,49-,54-,64-/m0/s1. The first kappa shape index (κ1) is 60.9. The molecule has 4 aromatic carbocycles. The van der Waals surface area contributed by atoms with Crippen LogP contribution in [0, 0.1) is 18.7 Å². The van der Waals surface area contributed by atoms with Gasteiger partial charge < -0.3 is 67.3 Å². The molecule has 0 fully saturated rings. The number of hydrogen-bond acceptors (Lipinski definition) is 14. The van der Waals surface area contributed by atoms with Crippen molar-refractivity contribution in [2.45, 2.75) is 135 Å². The van der Waals surface area contributed by atoms with Gasteiger partial charge in [-0.2, -0.15) is 0 Å². The topological polar surface area (TPSA) is 327 Å². The third-order valence-electron chi connectivity index (χ3n) is 17.0. The first-order chi connectivity index (χ1) is 41.8. The van der Waals surface area contributed by atoms with Crippen molar-refractivity contribution in [2.24, 2.45) is 17.4 Å². The molecule has 4 heterocycles. The van der Waals surface area contributed by atoms with Crippen molar-refractivity contribution in [3.05, 3.63) is 151 Å². The molecule has 2 aromatic heterocycles. The van der Waals surface area contributed by atoms with Gasteiger partial charge >= 0.3 is 24.2 Å². The van der Waals surface area contributed by atoms with Gasteiger partial charge in [-0.3, -0.25) is 19.2 Å². The summed E-state index contributed by atoms with van der Waals surface area (Å²) in [6.45, 7) is 6.78. The number of carbonyl (C=O) groups excluding carboxylic acids is 7. The van der Waals surface area contributed by atoms with E-state index in [4.69, 9.17) is 30.7 Å². The molecular weight excluding hydrogens is 1120 g/mol. The zero-order valence-corrected chi connectivity index (χ0v) is 48.8. The third-order valence-corrected chi connectivity index (χ3v) is 17.0. The summed E-state index contributed by atoms with van der Waals surface area (Å²) in [4.78, 5) is 113. The second-order valence-corrected chi connectivity index (χ2v) is 22.8. The maximum Gasteiger partial charge on any atom is 0.407 e. The van der Waals surface area contributed by atoms with E-state index >= 15 is 4.39 Å². The Balaban J connectivity index is 0.781. The molecule has 0 radical (unpaired) electrons. The van der Waals surface area contributed by atoms with Gasteiger partial charge in [-0.25, -0.2) is 28.6 Å². The highest BCUT2D eigenvalue weighted by Gasteiger charge is 2.46. The molecule has 22 nitrogen and oxygen atoms in total. The second-order valence-electron chi connectivity index (χ2n) is 22.8. The number of aliphatic hydroxyl groups is 1. The molecule has 456 valence electrons. The van der Waals surface area contributed by atoms with E-state index in [9.17, 15) is 43.5 Å². The Morgan fingerprint density at radius 3 is 2.21 bits per heavy atom. The number of hydrogen-bond donors (Lipinski definition) is 9. The van der Waals surface area contributed by atoms with Crippen molar-refractivity contribution in [3.63, 3.8) is 0 Å². The number of aromatic nitrogens is 2. The highest BCUT2D eigenvalue weighted by molar-refractivity contribution is 5.99. The van der Waals surface area contributed by atoms with Gasteiger partial charge in [0.15, 0.2) is 5.60 Å². The average molecular weight is 1190 g/mol. The van der Waals surface area contributed by atoms with Crippen LogP contribution in [0.2, 0.25) is 0 Å². The van der Waals surface area contributed by atoms with Crippen LogP contribution in [0.4, 0.5) is 24.5 Å². The molecule has 7 amide bonds. The van der Waals surface area contributed by atoms with E-state index in [-0.39, 0.29) is 75.6 Å². The van der Waals surface area contributed by atoms with Gasteiger partial charge in [0.1, 0.15) is 43.8 Å². The van der Waals surface area contributed by atoms with Crippen molar-refractivity contribution in [1.82, 2.24) is 36.1 Å². The lowest BCUT2D eigenvalue weighted by atomic mass is 9.81. The number of pyridine rings is 2. The van der Waals surface area contributed by atoms with Gasteiger partial charge in [0, 0.05) is 40.7 Å². The Morgan fingerprint density at radius 1 is 0.839 bits per heavy atom. The van der Waals surface area contributed by atoms with Crippen LogP contribution >= 0.6 is 0 Å². The van der Waals surface area contributed by atoms with Gasteiger partial charge in [0.2, 0.25) is 17.7 Å². The van der Waals surface area contributed by atoms with Gasteiger partial charge in [0.25, 0.3) is 5.56 Å². The molecule has 2 aliphatic heterocycles. The van der Waals surface area contributed by atoms with Crippen molar-refractivity contribution in [2.75, 3.05) is 25.0 Å². The van der Waals surface area contributed by atoms with E-state index in [0.29, 0.717) is 82.5 Å². The number of rotatable bonds is 22. The number of anilines is 1. The molecule has 2 aliphatic carbocycles. The van der Waals surface area contributed by atoms with E-state index < -0.39 is 89.0 Å². The molecule has 0 spiro atoms. The fraction of sp³-hybridized carbons (Fsp3) is 0.391. The average Bonchev–Trinajstić information content (AvgIpc) is 1.66. The zero-order valence-electron chi connectivity index (χ0n) is 48.8. The van der Waals surface area contributed by atoms with Crippen LogP contribution < -0.4 is 48.9 Å². The molecule has 4 aliphatic rings. The summed E-state index contributed by atoms with van der Waals surface area (Å²) in [6.07, 6.45) is 0.683. The summed E-state index contributed by atoms with van der Waals surface area (Å²) < 4.78 is 33.7. The normalized spacial score (nSPS) is 17.1. The summed E-state index contributed by atoms with van der Waals surface area (Å²) in [5, 5.41) is 28.7. The van der Waals surface area contributed by atoms with Crippen LogP contribution in [0.15, 0.2) is 89.7 Å². The molecule has 0 saturated carbocycles. The number of nitrogens with zero attached hydrogens (tertiary/aromatic N) is 2. The fourth-order valence-corrected chi connectivity index (χ4v) is 12.3. The molecule has 87 heavy (non-hydrogen) atoms. The number of carbonyl (C=O) groups is 7. The highest BCUT2D eigenvalue weighted by Crippen LogP contribution is 2.47. The number of alkyl carbamates (subject to hydrolysis) is 2. The summed E-state index contributed by atoms with van der Waals surface area (Å²) >= 11 is 0. The summed E-state index contributed by atoms with van der Waals surface area (Å²) in [5.74, 6) is -3.94. The number of esters is 1. The van der Waals surface area contributed by atoms with Crippen LogP contribution in [0.5, 0.6) is 0 Å². The Morgan fingerprint density at radius 2 is 1.53 bits per heavy atom. The predicted molar refractivity (Wildman–Crippen MR) is 319 cm³/mol. The predicted octanol–water partition coefficient (Wildman–Crippen LogP) is 6.49. The van der Waals surface area contributed by atoms with E-state index in [1.807, 2.05) is 48.5 Å². The van der Waals surface area contributed by atoms with Crippen LogP contribution in [0.25, 0.3) is 33.4 Å². The largest absolute Gasteiger partial charge is 0.458 e. The maximum absolute atomic E-state index is 15.5. The second kappa shape index (κ2) is 25.8. The minimum absolute atomic E-state index is 0.0228. The molecule has 0 bridgehead atoms. The number of nitrogens with two attached hydrogens (primary N) is 2. The number of ether oxygens (including phenoxy) is 3.